The Hall–Kier alpha value is -2.58. The van der Waals surface area contributed by atoms with E-state index < -0.39 is 6.10 Å². The van der Waals surface area contributed by atoms with Crippen molar-refractivity contribution in [3.63, 3.8) is 0 Å². The van der Waals surface area contributed by atoms with Crippen molar-refractivity contribution in [1.82, 2.24) is 4.98 Å². The van der Waals surface area contributed by atoms with Crippen LogP contribution in [0.1, 0.15) is 30.7 Å². The van der Waals surface area contributed by atoms with E-state index in [4.69, 9.17) is 14.7 Å². The lowest BCUT2D eigenvalue weighted by Gasteiger charge is -2.11. The van der Waals surface area contributed by atoms with E-state index in [0.29, 0.717) is 34.9 Å². The SMILES string of the molecule is CCC(O)c1ccc(Oc2ccc(C#N)cc2OC)cn1. The molecule has 0 aliphatic heterocycles. The number of benzene rings is 1. The molecule has 1 aromatic carbocycles. The molecule has 5 heteroatoms. The molecule has 1 heterocycles. The summed E-state index contributed by atoms with van der Waals surface area (Å²) in [6.07, 6.45) is 1.59. The van der Waals surface area contributed by atoms with Crippen LogP contribution in [-0.4, -0.2) is 17.2 Å². The fraction of sp³-hybridized carbons (Fsp3) is 0.250. The molecule has 5 nitrogen and oxygen atoms in total. The summed E-state index contributed by atoms with van der Waals surface area (Å²) < 4.78 is 10.9. The van der Waals surface area contributed by atoms with Crippen LogP contribution in [-0.2, 0) is 0 Å². The van der Waals surface area contributed by atoms with Gasteiger partial charge in [-0.05, 0) is 30.7 Å². The molecule has 2 aromatic rings. The maximum atomic E-state index is 9.70. The Morgan fingerprint density at radius 3 is 2.67 bits per heavy atom. The lowest BCUT2D eigenvalue weighted by Crippen LogP contribution is -1.98. The maximum Gasteiger partial charge on any atom is 0.169 e. The zero-order valence-electron chi connectivity index (χ0n) is 11.9. The van der Waals surface area contributed by atoms with Crippen LogP contribution in [0.4, 0.5) is 0 Å². The average Bonchev–Trinajstić information content (AvgIpc) is 2.55. The number of pyridine rings is 1. The van der Waals surface area contributed by atoms with Crippen molar-refractivity contribution < 1.29 is 14.6 Å². The summed E-state index contributed by atoms with van der Waals surface area (Å²) in [6, 6.07) is 10.4. The Morgan fingerprint density at radius 2 is 2.10 bits per heavy atom. The van der Waals surface area contributed by atoms with Gasteiger partial charge in [0, 0.05) is 6.07 Å². The number of aromatic nitrogens is 1. The minimum absolute atomic E-state index is 0.478. The van der Waals surface area contributed by atoms with E-state index in [9.17, 15) is 5.11 Å². The number of aliphatic hydroxyl groups excluding tert-OH is 1. The number of nitriles is 1. The van der Waals surface area contributed by atoms with Crippen molar-refractivity contribution in [2.24, 2.45) is 0 Å². The summed E-state index contributed by atoms with van der Waals surface area (Å²) in [5.74, 6) is 1.51. The molecule has 1 N–H and O–H groups in total. The van der Waals surface area contributed by atoms with Crippen LogP contribution in [0.3, 0.4) is 0 Å². The van der Waals surface area contributed by atoms with Gasteiger partial charge in [-0.1, -0.05) is 6.92 Å². The van der Waals surface area contributed by atoms with Gasteiger partial charge in [-0.15, -0.1) is 0 Å². The van der Waals surface area contributed by atoms with Gasteiger partial charge >= 0.3 is 0 Å². The third kappa shape index (κ3) is 3.50. The standard InChI is InChI=1S/C16H16N2O3/c1-3-14(19)13-6-5-12(10-18-13)21-15-7-4-11(9-17)8-16(15)20-2/h4-8,10,14,19H,3H2,1-2H3. The summed E-state index contributed by atoms with van der Waals surface area (Å²) in [5, 5.41) is 18.6. The molecule has 0 aliphatic rings. The molecule has 0 saturated heterocycles. The molecule has 0 aliphatic carbocycles. The fourth-order valence-electron chi connectivity index (χ4n) is 1.81. The van der Waals surface area contributed by atoms with Gasteiger partial charge in [0.25, 0.3) is 0 Å². The first-order valence-corrected chi connectivity index (χ1v) is 6.58. The van der Waals surface area contributed by atoms with Crippen molar-refractivity contribution in [2.75, 3.05) is 7.11 Å². The van der Waals surface area contributed by atoms with Crippen molar-refractivity contribution in [3.05, 3.63) is 47.8 Å². The molecule has 1 aromatic heterocycles. The van der Waals surface area contributed by atoms with Crippen LogP contribution in [0.2, 0.25) is 0 Å². The minimum atomic E-state index is -0.566. The van der Waals surface area contributed by atoms with Crippen LogP contribution in [0, 0.1) is 11.3 Å². The molecule has 1 atom stereocenters. The summed E-state index contributed by atoms with van der Waals surface area (Å²) in [7, 11) is 1.52. The van der Waals surface area contributed by atoms with Crippen LogP contribution < -0.4 is 9.47 Å². The monoisotopic (exact) mass is 284 g/mol. The van der Waals surface area contributed by atoms with Crippen molar-refractivity contribution in [3.8, 4) is 23.3 Å². The van der Waals surface area contributed by atoms with Gasteiger partial charge in [0.05, 0.1) is 36.7 Å². The van der Waals surface area contributed by atoms with Gasteiger partial charge in [0.2, 0.25) is 0 Å². The lowest BCUT2D eigenvalue weighted by atomic mass is 10.2. The number of hydrogen-bond donors (Lipinski definition) is 1. The largest absolute Gasteiger partial charge is 0.493 e. The molecule has 0 bridgehead atoms. The van der Waals surface area contributed by atoms with E-state index >= 15 is 0 Å². The average molecular weight is 284 g/mol. The highest BCUT2D eigenvalue weighted by atomic mass is 16.5. The first-order chi connectivity index (χ1) is 10.2. The highest BCUT2D eigenvalue weighted by Crippen LogP contribution is 2.32. The van der Waals surface area contributed by atoms with E-state index in [2.05, 4.69) is 4.98 Å². The van der Waals surface area contributed by atoms with Crippen molar-refractivity contribution in [2.45, 2.75) is 19.4 Å². The Kier molecular flexibility index (Phi) is 4.75. The third-order valence-corrected chi connectivity index (χ3v) is 3.01. The number of nitrogens with zero attached hydrogens (tertiary/aromatic N) is 2. The number of aliphatic hydroxyl groups is 1. The second-order valence-electron chi connectivity index (χ2n) is 4.42. The number of ether oxygens (including phenoxy) is 2. The van der Waals surface area contributed by atoms with Crippen molar-refractivity contribution in [1.29, 1.82) is 5.26 Å². The van der Waals surface area contributed by atoms with Crippen LogP contribution in [0.25, 0.3) is 0 Å². The molecule has 0 spiro atoms. The van der Waals surface area contributed by atoms with Crippen LogP contribution >= 0.6 is 0 Å². The predicted octanol–water partition coefficient (Wildman–Crippen LogP) is 3.20. The van der Waals surface area contributed by atoms with E-state index in [1.807, 2.05) is 13.0 Å². The highest BCUT2D eigenvalue weighted by Gasteiger charge is 2.09. The van der Waals surface area contributed by atoms with E-state index in [-0.39, 0.29) is 0 Å². The quantitative estimate of drug-likeness (QED) is 0.912. The van der Waals surface area contributed by atoms with Crippen LogP contribution in [0.5, 0.6) is 17.2 Å². The fourth-order valence-corrected chi connectivity index (χ4v) is 1.81. The predicted molar refractivity (Wildman–Crippen MR) is 77.3 cm³/mol. The summed E-state index contributed by atoms with van der Waals surface area (Å²) in [6.45, 7) is 1.89. The smallest absolute Gasteiger partial charge is 0.169 e. The molecule has 0 amide bonds. The molecule has 21 heavy (non-hydrogen) atoms. The first-order valence-electron chi connectivity index (χ1n) is 6.58. The van der Waals surface area contributed by atoms with E-state index in [1.165, 1.54) is 7.11 Å². The van der Waals surface area contributed by atoms with Crippen LogP contribution in [0.15, 0.2) is 36.5 Å². The molecule has 0 fully saturated rings. The molecule has 2 rings (SSSR count). The molecular formula is C16H16N2O3. The zero-order valence-corrected chi connectivity index (χ0v) is 11.9. The first kappa shape index (κ1) is 14.8. The van der Waals surface area contributed by atoms with E-state index in [1.54, 1.807) is 36.5 Å². The molecule has 1 unspecified atom stereocenters. The third-order valence-electron chi connectivity index (χ3n) is 3.01. The van der Waals surface area contributed by atoms with Gasteiger partial charge in [-0.3, -0.25) is 4.98 Å². The van der Waals surface area contributed by atoms with E-state index in [0.717, 1.165) is 0 Å². The number of hydrogen-bond acceptors (Lipinski definition) is 5. The minimum Gasteiger partial charge on any atom is -0.493 e. The maximum absolute atomic E-state index is 9.70. The lowest BCUT2D eigenvalue weighted by molar-refractivity contribution is 0.169. The normalized spacial score (nSPS) is 11.5. The number of methoxy groups -OCH3 is 1. The molecule has 0 saturated carbocycles. The summed E-state index contributed by atoms with van der Waals surface area (Å²) in [4.78, 5) is 4.17. The molecular weight excluding hydrogens is 268 g/mol. The summed E-state index contributed by atoms with van der Waals surface area (Å²) in [5.41, 5.74) is 1.11. The Bertz CT molecular complexity index is 648. The Labute approximate surface area is 123 Å². The van der Waals surface area contributed by atoms with Gasteiger partial charge in [-0.2, -0.15) is 5.26 Å². The van der Waals surface area contributed by atoms with Gasteiger partial charge in [0.1, 0.15) is 5.75 Å². The second-order valence-corrected chi connectivity index (χ2v) is 4.42. The second kappa shape index (κ2) is 6.73. The van der Waals surface area contributed by atoms with Gasteiger partial charge in [-0.25, -0.2) is 0 Å². The zero-order chi connectivity index (χ0) is 15.2. The molecule has 108 valence electrons. The van der Waals surface area contributed by atoms with Gasteiger partial charge in [0.15, 0.2) is 11.5 Å². The Balaban J connectivity index is 2.20. The Morgan fingerprint density at radius 1 is 1.29 bits per heavy atom. The summed E-state index contributed by atoms with van der Waals surface area (Å²) >= 11 is 0. The van der Waals surface area contributed by atoms with Gasteiger partial charge < -0.3 is 14.6 Å². The highest BCUT2D eigenvalue weighted by molar-refractivity contribution is 5.48. The van der Waals surface area contributed by atoms with Crippen molar-refractivity contribution >= 4 is 0 Å². The molecule has 0 radical (unpaired) electrons. The number of rotatable bonds is 5. The topological polar surface area (TPSA) is 75.4 Å².